The number of hydrogen-bond donors (Lipinski definition) is 0. The first-order chi connectivity index (χ1) is 14.9. The molecule has 2 heterocycles. The Hall–Kier alpha value is -3.81. The maximum absolute atomic E-state index is 12.7. The van der Waals surface area contributed by atoms with Gasteiger partial charge in [-0.15, -0.1) is 10.2 Å². The van der Waals surface area contributed by atoms with E-state index >= 15 is 0 Å². The van der Waals surface area contributed by atoms with Crippen LogP contribution in [-0.4, -0.2) is 25.7 Å². The fraction of sp³-hybridized carbons (Fsp3) is 0.261. The van der Waals surface area contributed by atoms with Crippen molar-refractivity contribution in [2.75, 3.05) is 0 Å². The number of carbonyl (C=O) groups is 1. The summed E-state index contributed by atoms with van der Waals surface area (Å²) >= 11 is 0. The maximum atomic E-state index is 12.7. The van der Waals surface area contributed by atoms with E-state index in [4.69, 9.17) is 9.15 Å². The standard InChI is InChI=1S/C23H22N4O4/c1-5-27-19-11-10-17(12-18(19)24-14(3)22(27)28)23(29)30-15(4)20-25-26-21(31-20)16-8-6-13(2)7-9-16/h6-12,15H,5H2,1-4H3/t15-/m0/s1. The molecule has 2 aromatic carbocycles. The first kappa shape index (κ1) is 20.5. The van der Waals surface area contributed by atoms with E-state index in [0.717, 1.165) is 11.1 Å². The third kappa shape index (κ3) is 3.96. The van der Waals surface area contributed by atoms with Crippen LogP contribution in [0, 0.1) is 13.8 Å². The van der Waals surface area contributed by atoms with Crippen LogP contribution >= 0.6 is 0 Å². The second-order valence-corrected chi connectivity index (χ2v) is 7.31. The van der Waals surface area contributed by atoms with Gasteiger partial charge in [-0.2, -0.15) is 0 Å². The van der Waals surface area contributed by atoms with E-state index in [2.05, 4.69) is 15.2 Å². The minimum Gasteiger partial charge on any atom is -0.449 e. The number of nitrogens with zero attached hydrogens (tertiary/aromatic N) is 4. The first-order valence-electron chi connectivity index (χ1n) is 10.00. The highest BCUT2D eigenvalue weighted by molar-refractivity contribution is 5.93. The van der Waals surface area contributed by atoms with Gasteiger partial charge in [-0.05, 0) is 58.0 Å². The number of rotatable bonds is 5. The van der Waals surface area contributed by atoms with Crippen LogP contribution in [0.15, 0.2) is 51.7 Å². The molecule has 0 aliphatic rings. The van der Waals surface area contributed by atoms with Gasteiger partial charge in [-0.25, -0.2) is 9.78 Å². The normalized spacial score (nSPS) is 12.1. The zero-order chi connectivity index (χ0) is 22.1. The SMILES string of the molecule is CCn1c(=O)c(C)nc2cc(C(=O)O[C@@H](C)c3nnc(-c4ccc(C)cc4)o3)ccc21. The van der Waals surface area contributed by atoms with Gasteiger partial charge in [-0.1, -0.05) is 17.7 Å². The van der Waals surface area contributed by atoms with E-state index in [1.54, 1.807) is 36.6 Å². The number of fused-ring (bicyclic) bond motifs is 1. The molecule has 4 rings (SSSR count). The lowest BCUT2D eigenvalue weighted by atomic mass is 10.1. The molecule has 0 fully saturated rings. The Kier molecular flexibility index (Phi) is 5.37. The Morgan fingerprint density at radius 2 is 1.87 bits per heavy atom. The van der Waals surface area contributed by atoms with Crippen LogP contribution in [0.4, 0.5) is 0 Å². The highest BCUT2D eigenvalue weighted by Gasteiger charge is 2.21. The molecule has 0 radical (unpaired) electrons. The van der Waals surface area contributed by atoms with Crippen molar-refractivity contribution in [3.05, 3.63) is 75.5 Å². The lowest BCUT2D eigenvalue weighted by Gasteiger charge is -2.12. The molecule has 4 aromatic rings. The Morgan fingerprint density at radius 1 is 1.13 bits per heavy atom. The fourth-order valence-corrected chi connectivity index (χ4v) is 3.31. The van der Waals surface area contributed by atoms with E-state index in [9.17, 15) is 9.59 Å². The lowest BCUT2D eigenvalue weighted by Crippen LogP contribution is -2.23. The van der Waals surface area contributed by atoms with E-state index in [1.807, 2.05) is 38.1 Å². The second kappa shape index (κ2) is 8.14. The van der Waals surface area contributed by atoms with E-state index in [0.29, 0.717) is 34.7 Å². The van der Waals surface area contributed by atoms with Crippen molar-refractivity contribution in [2.45, 2.75) is 40.3 Å². The molecule has 8 nitrogen and oxygen atoms in total. The van der Waals surface area contributed by atoms with Crippen LogP contribution in [0.2, 0.25) is 0 Å². The minimum atomic E-state index is -0.728. The number of aryl methyl sites for hydroxylation is 3. The van der Waals surface area contributed by atoms with Crippen molar-refractivity contribution in [3.8, 4) is 11.5 Å². The molecule has 158 valence electrons. The number of hydrogen-bond acceptors (Lipinski definition) is 7. The van der Waals surface area contributed by atoms with Gasteiger partial charge in [0.15, 0.2) is 6.10 Å². The Balaban J connectivity index is 1.55. The van der Waals surface area contributed by atoms with E-state index in [-0.39, 0.29) is 11.4 Å². The predicted molar refractivity (Wildman–Crippen MR) is 115 cm³/mol. The highest BCUT2D eigenvalue weighted by atomic mass is 16.6. The molecular formula is C23H22N4O4. The molecular weight excluding hydrogens is 396 g/mol. The van der Waals surface area contributed by atoms with Gasteiger partial charge in [-0.3, -0.25) is 4.79 Å². The monoisotopic (exact) mass is 418 g/mol. The molecule has 0 amide bonds. The third-order valence-corrected chi connectivity index (χ3v) is 5.03. The van der Waals surface area contributed by atoms with Crippen molar-refractivity contribution >= 4 is 17.0 Å². The zero-order valence-electron chi connectivity index (χ0n) is 17.7. The number of esters is 1. The number of carbonyl (C=O) groups excluding carboxylic acids is 1. The smallest absolute Gasteiger partial charge is 0.338 e. The van der Waals surface area contributed by atoms with Crippen LogP contribution < -0.4 is 5.56 Å². The van der Waals surface area contributed by atoms with E-state index < -0.39 is 12.1 Å². The number of benzene rings is 2. The van der Waals surface area contributed by atoms with Gasteiger partial charge < -0.3 is 13.7 Å². The topological polar surface area (TPSA) is 100 Å². The predicted octanol–water partition coefficient (Wildman–Crippen LogP) is 4.00. The van der Waals surface area contributed by atoms with Crippen LogP contribution in [0.3, 0.4) is 0 Å². The van der Waals surface area contributed by atoms with E-state index in [1.165, 1.54) is 0 Å². The molecule has 0 bridgehead atoms. The van der Waals surface area contributed by atoms with Gasteiger partial charge in [0, 0.05) is 12.1 Å². The van der Waals surface area contributed by atoms with Crippen LogP contribution in [0.1, 0.15) is 47.5 Å². The molecule has 0 saturated carbocycles. The van der Waals surface area contributed by atoms with Crippen LogP contribution in [0.25, 0.3) is 22.5 Å². The van der Waals surface area contributed by atoms with Crippen molar-refractivity contribution in [1.82, 2.24) is 19.7 Å². The summed E-state index contributed by atoms with van der Waals surface area (Å²) in [6.07, 6.45) is -0.728. The average Bonchev–Trinajstić information content (AvgIpc) is 3.25. The Bertz CT molecular complexity index is 1320. The summed E-state index contributed by atoms with van der Waals surface area (Å²) < 4.78 is 12.8. The molecule has 0 N–H and O–H groups in total. The molecule has 31 heavy (non-hydrogen) atoms. The van der Waals surface area contributed by atoms with Gasteiger partial charge in [0.25, 0.3) is 11.4 Å². The average molecular weight is 418 g/mol. The maximum Gasteiger partial charge on any atom is 0.338 e. The van der Waals surface area contributed by atoms with Gasteiger partial charge in [0.1, 0.15) is 5.69 Å². The quantitative estimate of drug-likeness (QED) is 0.452. The van der Waals surface area contributed by atoms with Crippen molar-refractivity contribution in [1.29, 1.82) is 0 Å². The van der Waals surface area contributed by atoms with Crippen molar-refractivity contribution in [3.63, 3.8) is 0 Å². The summed E-state index contributed by atoms with van der Waals surface area (Å²) in [7, 11) is 0. The van der Waals surface area contributed by atoms with Gasteiger partial charge >= 0.3 is 5.97 Å². The third-order valence-electron chi connectivity index (χ3n) is 5.03. The van der Waals surface area contributed by atoms with Crippen molar-refractivity contribution in [2.24, 2.45) is 0 Å². The minimum absolute atomic E-state index is 0.139. The summed E-state index contributed by atoms with van der Waals surface area (Å²) in [6, 6.07) is 12.6. The summed E-state index contributed by atoms with van der Waals surface area (Å²) in [5.41, 5.74) is 3.71. The second-order valence-electron chi connectivity index (χ2n) is 7.31. The summed E-state index contributed by atoms with van der Waals surface area (Å²) in [6.45, 7) is 7.72. The molecule has 0 aliphatic heterocycles. The Morgan fingerprint density at radius 3 is 2.58 bits per heavy atom. The number of aromatic nitrogens is 4. The molecule has 8 heteroatoms. The molecule has 2 aromatic heterocycles. The highest BCUT2D eigenvalue weighted by Crippen LogP contribution is 2.24. The largest absolute Gasteiger partial charge is 0.449 e. The molecule has 0 aliphatic carbocycles. The van der Waals surface area contributed by atoms with Gasteiger partial charge in [0.05, 0.1) is 16.6 Å². The molecule has 0 unspecified atom stereocenters. The van der Waals surface area contributed by atoms with Crippen LogP contribution in [-0.2, 0) is 11.3 Å². The summed E-state index contributed by atoms with van der Waals surface area (Å²) in [4.78, 5) is 29.3. The summed E-state index contributed by atoms with van der Waals surface area (Å²) in [5, 5.41) is 8.06. The fourth-order valence-electron chi connectivity index (χ4n) is 3.31. The Labute approximate surface area is 178 Å². The zero-order valence-corrected chi connectivity index (χ0v) is 17.7. The summed E-state index contributed by atoms with van der Waals surface area (Å²) in [5.74, 6) is 0.0255. The number of ether oxygens (including phenoxy) is 1. The van der Waals surface area contributed by atoms with Crippen molar-refractivity contribution < 1.29 is 13.9 Å². The van der Waals surface area contributed by atoms with Crippen LogP contribution in [0.5, 0.6) is 0 Å². The van der Waals surface area contributed by atoms with Gasteiger partial charge in [0.2, 0.25) is 5.89 Å². The lowest BCUT2D eigenvalue weighted by molar-refractivity contribution is 0.0280. The molecule has 0 spiro atoms. The molecule has 0 saturated heterocycles. The molecule has 1 atom stereocenters. The first-order valence-corrected chi connectivity index (χ1v) is 10.00.